The number of nitrogens with one attached hydrogen (secondary N) is 3. The highest BCUT2D eigenvalue weighted by atomic mass is 35.5. The molecule has 1 heterocycles. The molecule has 0 aliphatic rings. The van der Waals surface area contributed by atoms with Crippen molar-refractivity contribution in [3.05, 3.63) is 107 Å². The van der Waals surface area contributed by atoms with E-state index in [0.29, 0.717) is 34.6 Å². The van der Waals surface area contributed by atoms with E-state index in [-0.39, 0.29) is 16.4 Å². The number of benzene rings is 4. The lowest BCUT2D eigenvalue weighted by atomic mass is 10.1. The van der Waals surface area contributed by atoms with Gasteiger partial charge in [-0.1, -0.05) is 72.3 Å². The molecule has 1 aromatic heterocycles. The summed E-state index contributed by atoms with van der Waals surface area (Å²) in [5.74, 6) is -0.332. The van der Waals surface area contributed by atoms with Gasteiger partial charge in [-0.15, -0.1) is 0 Å². The van der Waals surface area contributed by atoms with Crippen molar-refractivity contribution in [1.29, 1.82) is 0 Å². The van der Waals surface area contributed by atoms with E-state index >= 15 is 0 Å². The van der Waals surface area contributed by atoms with Gasteiger partial charge in [-0.2, -0.15) is 0 Å². The second-order valence-electron chi connectivity index (χ2n) is 8.19. The van der Waals surface area contributed by atoms with Gasteiger partial charge in [0.15, 0.2) is 0 Å². The molecule has 0 radical (unpaired) electrons. The Balaban J connectivity index is 1.27. The molecule has 0 unspecified atom stereocenters. The number of para-hydroxylation sites is 1. The number of hydrogen-bond donors (Lipinski definition) is 3. The normalized spacial score (nSPS) is 11.6. The number of fused-ring (bicyclic) bond motifs is 2. The minimum atomic E-state index is -3.93. The number of aromatic amines is 1. The van der Waals surface area contributed by atoms with E-state index in [9.17, 15) is 13.2 Å². The molecular weight excluding hydrogens is 482 g/mol. The summed E-state index contributed by atoms with van der Waals surface area (Å²) in [5, 5.41) is 6.42. The first-order valence-electron chi connectivity index (χ1n) is 11.0. The fourth-order valence-electron chi connectivity index (χ4n) is 4.03. The van der Waals surface area contributed by atoms with Gasteiger partial charge in [-0.3, -0.25) is 9.52 Å². The third kappa shape index (κ3) is 4.87. The number of rotatable bonds is 7. The molecule has 0 fully saturated rings. The molecule has 0 atom stereocenters. The Morgan fingerprint density at radius 2 is 1.69 bits per heavy atom. The summed E-state index contributed by atoms with van der Waals surface area (Å²) in [6.07, 6.45) is 2.27. The van der Waals surface area contributed by atoms with Gasteiger partial charge in [0.2, 0.25) is 0 Å². The summed E-state index contributed by atoms with van der Waals surface area (Å²) in [6, 6.07) is 25.5. The topological polar surface area (TPSA) is 91.1 Å². The van der Waals surface area contributed by atoms with E-state index in [4.69, 9.17) is 11.6 Å². The lowest BCUT2D eigenvalue weighted by Gasteiger charge is -2.11. The predicted octanol–water partition coefficient (Wildman–Crippen LogP) is 5.75. The molecule has 4 aromatic carbocycles. The number of anilines is 1. The molecule has 0 aliphatic heterocycles. The van der Waals surface area contributed by atoms with E-state index in [1.165, 1.54) is 17.5 Å². The van der Waals surface area contributed by atoms with E-state index in [2.05, 4.69) is 39.3 Å². The highest BCUT2D eigenvalue weighted by Gasteiger charge is 2.18. The number of hydrogen-bond acceptors (Lipinski definition) is 3. The molecule has 0 saturated heterocycles. The number of amides is 1. The third-order valence-corrected chi connectivity index (χ3v) is 7.50. The standard InChI is InChI=1S/C27H22ClN3O3S/c28-24-17-30-26-23(24)9-4-10-25(26)31-35(33,34)22-8-3-7-21(16-22)27(32)29-14-13-18-11-12-19-5-1-2-6-20(19)15-18/h1-12,15-17,30-31H,13-14H2,(H,29,32). The van der Waals surface area contributed by atoms with Crippen LogP contribution in [0.25, 0.3) is 21.7 Å². The lowest BCUT2D eigenvalue weighted by Crippen LogP contribution is -2.26. The largest absolute Gasteiger partial charge is 0.358 e. The Morgan fingerprint density at radius 3 is 2.54 bits per heavy atom. The summed E-state index contributed by atoms with van der Waals surface area (Å²) < 4.78 is 28.7. The summed E-state index contributed by atoms with van der Waals surface area (Å²) in [7, 11) is -3.93. The molecule has 5 rings (SSSR count). The molecule has 1 amide bonds. The number of aromatic nitrogens is 1. The molecule has 0 saturated carbocycles. The summed E-state index contributed by atoms with van der Waals surface area (Å²) in [4.78, 5) is 15.7. The Kier molecular flexibility index (Phi) is 6.19. The highest BCUT2D eigenvalue weighted by molar-refractivity contribution is 7.92. The van der Waals surface area contributed by atoms with Crippen LogP contribution in [-0.2, 0) is 16.4 Å². The first-order chi connectivity index (χ1) is 16.9. The van der Waals surface area contributed by atoms with Crippen LogP contribution in [0, 0.1) is 0 Å². The number of halogens is 1. The van der Waals surface area contributed by atoms with Crippen LogP contribution >= 0.6 is 11.6 Å². The quantitative estimate of drug-likeness (QED) is 0.264. The molecular formula is C27H22ClN3O3S. The molecule has 6 nitrogen and oxygen atoms in total. The van der Waals surface area contributed by atoms with E-state index in [1.54, 1.807) is 36.5 Å². The summed E-state index contributed by atoms with van der Waals surface area (Å²) in [6.45, 7) is 0.433. The van der Waals surface area contributed by atoms with Gasteiger partial charge >= 0.3 is 0 Å². The number of carbonyl (C=O) groups excluding carboxylic acids is 1. The Bertz CT molecular complexity index is 1660. The van der Waals surface area contributed by atoms with Crippen molar-refractivity contribution in [2.75, 3.05) is 11.3 Å². The average molecular weight is 504 g/mol. The van der Waals surface area contributed by atoms with Crippen LogP contribution < -0.4 is 10.0 Å². The lowest BCUT2D eigenvalue weighted by molar-refractivity contribution is 0.0954. The minimum Gasteiger partial charge on any atom is -0.358 e. The number of sulfonamides is 1. The highest BCUT2D eigenvalue weighted by Crippen LogP contribution is 2.30. The maximum atomic E-state index is 13.0. The maximum absolute atomic E-state index is 13.0. The molecule has 0 spiro atoms. The van der Waals surface area contributed by atoms with E-state index in [1.807, 2.05) is 18.2 Å². The Morgan fingerprint density at radius 1 is 0.886 bits per heavy atom. The van der Waals surface area contributed by atoms with Crippen molar-refractivity contribution >= 4 is 54.9 Å². The summed E-state index contributed by atoms with van der Waals surface area (Å²) in [5.41, 5.74) is 2.35. The van der Waals surface area contributed by atoms with Crippen LogP contribution in [-0.4, -0.2) is 25.9 Å². The van der Waals surface area contributed by atoms with Gasteiger partial charge in [-0.05, 0) is 47.0 Å². The van der Waals surface area contributed by atoms with E-state index < -0.39 is 10.0 Å². The van der Waals surface area contributed by atoms with Crippen LogP contribution in [0.5, 0.6) is 0 Å². The fourth-order valence-corrected chi connectivity index (χ4v) is 5.36. The monoisotopic (exact) mass is 503 g/mol. The fraction of sp³-hybridized carbons (Fsp3) is 0.0741. The molecule has 5 aromatic rings. The molecule has 3 N–H and O–H groups in total. The van der Waals surface area contributed by atoms with Crippen LogP contribution in [0.15, 0.2) is 96.0 Å². The van der Waals surface area contributed by atoms with E-state index in [0.717, 1.165) is 10.9 Å². The van der Waals surface area contributed by atoms with Gasteiger partial charge in [0.1, 0.15) is 0 Å². The molecule has 0 bridgehead atoms. The molecule has 35 heavy (non-hydrogen) atoms. The SMILES string of the molecule is O=C(NCCc1ccc2ccccc2c1)c1cccc(S(=O)(=O)Nc2cccc3c(Cl)c[nH]c23)c1. The predicted molar refractivity (Wildman–Crippen MR) is 141 cm³/mol. The van der Waals surface area contributed by atoms with Gasteiger partial charge in [0.25, 0.3) is 15.9 Å². The van der Waals surface area contributed by atoms with Crippen molar-refractivity contribution in [1.82, 2.24) is 10.3 Å². The Hall–Kier alpha value is -3.81. The first kappa shape index (κ1) is 23.0. The minimum absolute atomic E-state index is 0.00525. The van der Waals surface area contributed by atoms with Gasteiger partial charge < -0.3 is 10.3 Å². The van der Waals surface area contributed by atoms with Crippen molar-refractivity contribution in [3.8, 4) is 0 Å². The van der Waals surface area contributed by atoms with Crippen LogP contribution in [0.3, 0.4) is 0 Å². The second kappa shape index (κ2) is 9.44. The molecule has 176 valence electrons. The van der Waals surface area contributed by atoms with Crippen LogP contribution in [0.1, 0.15) is 15.9 Å². The zero-order valence-electron chi connectivity index (χ0n) is 18.6. The van der Waals surface area contributed by atoms with Crippen LogP contribution in [0.2, 0.25) is 5.02 Å². The first-order valence-corrected chi connectivity index (χ1v) is 12.9. The zero-order chi connectivity index (χ0) is 24.4. The van der Waals surface area contributed by atoms with Gasteiger partial charge in [0, 0.05) is 23.7 Å². The van der Waals surface area contributed by atoms with Crippen molar-refractivity contribution in [3.63, 3.8) is 0 Å². The Labute approximate surface area is 208 Å². The number of carbonyl (C=O) groups is 1. The second-order valence-corrected chi connectivity index (χ2v) is 10.3. The van der Waals surface area contributed by atoms with Crippen molar-refractivity contribution in [2.45, 2.75) is 11.3 Å². The summed E-state index contributed by atoms with van der Waals surface area (Å²) >= 11 is 6.14. The van der Waals surface area contributed by atoms with Gasteiger partial charge in [0.05, 0.1) is 21.1 Å². The molecule has 8 heteroatoms. The average Bonchev–Trinajstić information content (AvgIpc) is 3.25. The smallest absolute Gasteiger partial charge is 0.261 e. The third-order valence-electron chi connectivity index (χ3n) is 5.83. The van der Waals surface area contributed by atoms with Gasteiger partial charge in [-0.25, -0.2) is 8.42 Å². The van der Waals surface area contributed by atoms with Crippen LogP contribution in [0.4, 0.5) is 5.69 Å². The zero-order valence-corrected chi connectivity index (χ0v) is 20.2. The van der Waals surface area contributed by atoms with Crippen molar-refractivity contribution in [2.24, 2.45) is 0 Å². The van der Waals surface area contributed by atoms with Crippen molar-refractivity contribution < 1.29 is 13.2 Å². The molecule has 0 aliphatic carbocycles. The number of H-pyrrole nitrogens is 1. The maximum Gasteiger partial charge on any atom is 0.261 e.